The summed E-state index contributed by atoms with van der Waals surface area (Å²) in [5.74, 6) is 0.938. The van der Waals surface area contributed by atoms with Gasteiger partial charge in [-0.05, 0) is 57.0 Å². The van der Waals surface area contributed by atoms with Gasteiger partial charge in [0.2, 0.25) is 0 Å². The van der Waals surface area contributed by atoms with Crippen LogP contribution in [0.2, 0.25) is 0 Å². The molecular formula is C17H23NOS. The molecule has 0 saturated carbocycles. The molecule has 1 atom stereocenters. The lowest BCUT2D eigenvalue weighted by molar-refractivity contribution is 0.340. The van der Waals surface area contributed by atoms with E-state index in [2.05, 4.69) is 44.3 Å². The summed E-state index contributed by atoms with van der Waals surface area (Å²) in [5, 5.41) is 3.59. The van der Waals surface area contributed by atoms with Gasteiger partial charge in [-0.3, -0.25) is 0 Å². The molecule has 20 heavy (non-hydrogen) atoms. The highest BCUT2D eigenvalue weighted by atomic mass is 32.1. The predicted octanol–water partition coefficient (Wildman–Crippen LogP) is 4.61. The highest BCUT2D eigenvalue weighted by molar-refractivity contribution is 7.12. The second kappa shape index (κ2) is 6.91. The van der Waals surface area contributed by atoms with Crippen LogP contribution < -0.4 is 10.1 Å². The number of rotatable bonds is 6. The first-order valence-electron chi connectivity index (χ1n) is 7.12. The minimum Gasteiger partial charge on any atom is -0.494 e. The van der Waals surface area contributed by atoms with E-state index in [9.17, 15) is 0 Å². The van der Waals surface area contributed by atoms with Gasteiger partial charge in [-0.25, -0.2) is 0 Å². The van der Waals surface area contributed by atoms with Crippen molar-refractivity contribution in [3.63, 3.8) is 0 Å². The first-order chi connectivity index (χ1) is 9.60. The standard InChI is InChI=1S/C17H23NOS/c1-5-19-17-8-6-15(7-9-17)13(3)18-11-16-10-12(2)20-14(16)4/h6-10,13,18H,5,11H2,1-4H3. The largest absolute Gasteiger partial charge is 0.494 e. The van der Waals surface area contributed by atoms with Crippen LogP contribution in [0.4, 0.5) is 0 Å². The van der Waals surface area contributed by atoms with Crippen molar-refractivity contribution in [1.29, 1.82) is 0 Å². The van der Waals surface area contributed by atoms with E-state index in [0.717, 1.165) is 12.3 Å². The fourth-order valence-corrected chi connectivity index (χ4v) is 3.21. The number of hydrogen-bond acceptors (Lipinski definition) is 3. The van der Waals surface area contributed by atoms with E-state index in [4.69, 9.17) is 4.74 Å². The third-order valence-corrected chi connectivity index (χ3v) is 4.44. The molecule has 0 bridgehead atoms. The minimum atomic E-state index is 0.338. The first kappa shape index (κ1) is 15.1. The number of ether oxygens (including phenoxy) is 1. The molecule has 2 rings (SSSR count). The molecule has 0 radical (unpaired) electrons. The van der Waals surface area contributed by atoms with Gasteiger partial charge in [0.25, 0.3) is 0 Å². The van der Waals surface area contributed by atoms with Crippen LogP contribution in [-0.4, -0.2) is 6.61 Å². The third-order valence-electron chi connectivity index (χ3n) is 3.43. The minimum absolute atomic E-state index is 0.338. The summed E-state index contributed by atoms with van der Waals surface area (Å²) in [6, 6.07) is 11.0. The number of thiophene rings is 1. The van der Waals surface area contributed by atoms with Crippen LogP contribution in [0.1, 0.15) is 40.8 Å². The molecule has 0 saturated heterocycles. The van der Waals surface area contributed by atoms with Crippen molar-refractivity contribution < 1.29 is 4.74 Å². The molecule has 1 aromatic heterocycles. The maximum atomic E-state index is 5.47. The van der Waals surface area contributed by atoms with Gasteiger partial charge in [-0.2, -0.15) is 0 Å². The first-order valence-corrected chi connectivity index (χ1v) is 7.94. The molecule has 2 nitrogen and oxygen atoms in total. The zero-order valence-electron chi connectivity index (χ0n) is 12.7. The Labute approximate surface area is 125 Å². The maximum absolute atomic E-state index is 5.47. The summed E-state index contributed by atoms with van der Waals surface area (Å²) >= 11 is 1.87. The summed E-state index contributed by atoms with van der Waals surface area (Å²) < 4.78 is 5.47. The second-order valence-electron chi connectivity index (χ2n) is 5.04. The van der Waals surface area contributed by atoms with Crippen molar-refractivity contribution in [3.05, 3.63) is 51.2 Å². The predicted molar refractivity (Wildman–Crippen MR) is 86.7 cm³/mol. The van der Waals surface area contributed by atoms with Gasteiger partial charge in [0.15, 0.2) is 0 Å². The fourth-order valence-electron chi connectivity index (χ4n) is 2.26. The lowest BCUT2D eigenvalue weighted by Gasteiger charge is -2.15. The zero-order chi connectivity index (χ0) is 14.5. The molecule has 0 aliphatic heterocycles. The number of benzene rings is 1. The number of hydrogen-bond donors (Lipinski definition) is 1. The van der Waals surface area contributed by atoms with E-state index in [1.807, 2.05) is 30.4 Å². The van der Waals surface area contributed by atoms with E-state index < -0.39 is 0 Å². The molecule has 2 aromatic rings. The molecule has 0 aliphatic rings. The lowest BCUT2D eigenvalue weighted by Crippen LogP contribution is -2.18. The maximum Gasteiger partial charge on any atom is 0.119 e. The lowest BCUT2D eigenvalue weighted by atomic mass is 10.1. The van der Waals surface area contributed by atoms with Crippen molar-refractivity contribution in [3.8, 4) is 5.75 Å². The molecule has 0 amide bonds. The normalized spacial score (nSPS) is 12.4. The SMILES string of the molecule is CCOc1ccc(C(C)NCc2cc(C)sc2C)cc1. The van der Waals surface area contributed by atoms with Gasteiger partial charge < -0.3 is 10.1 Å². The Morgan fingerprint density at radius 1 is 1.20 bits per heavy atom. The van der Waals surface area contributed by atoms with Crippen LogP contribution in [0, 0.1) is 13.8 Å². The second-order valence-corrected chi connectivity index (χ2v) is 6.50. The summed E-state index contributed by atoms with van der Waals surface area (Å²) in [6.45, 7) is 10.2. The van der Waals surface area contributed by atoms with Crippen molar-refractivity contribution >= 4 is 11.3 Å². The summed E-state index contributed by atoms with van der Waals surface area (Å²) in [4.78, 5) is 2.79. The molecule has 0 spiro atoms. The van der Waals surface area contributed by atoms with Gasteiger partial charge in [-0.15, -0.1) is 11.3 Å². The van der Waals surface area contributed by atoms with Crippen molar-refractivity contribution in [2.75, 3.05) is 6.61 Å². The Kier molecular flexibility index (Phi) is 5.21. The van der Waals surface area contributed by atoms with E-state index in [1.165, 1.54) is 20.9 Å². The quantitative estimate of drug-likeness (QED) is 0.838. The van der Waals surface area contributed by atoms with E-state index >= 15 is 0 Å². The van der Waals surface area contributed by atoms with E-state index in [-0.39, 0.29) is 0 Å². The number of aryl methyl sites for hydroxylation is 2. The molecule has 3 heteroatoms. The molecular weight excluding hydrogens is 266 g/mol. The topological polar surface area (TPSA) is 21.3 Å². The molecule has 1 N–H and O–H groups in total. The Hall–Kier alpha value is -1.32. The monoisotopic (exact) mass is 289 g/mol. The van der Waals surface area contributed by atoms with Gasteiger partial charge in [0.05, 0.1) is 6.61 Å². The fraction of sp³-hybridized carbons (Fsp3) is 0.412. The molecule has 0 aliphatic carbocycles. The van der Waals surface area contributed by atoms with E-state index in [1.54, 1.807) is 0 Å². The van der Waals surface area contributed by atoms with Gasteiger partial charge in [-0.1, -0.05) is 12.1 Å². The van der Waals surface area contributed by atoms with Crippen LogP contribution in [0.25, 0.3) is 0 Å². The molecule has 0 fully saturated rings. The van der Waals surface area contributed by atoms with Crippen LogP contribution in [-0.2, 0) is 6.54 Å². The van der Waals surface area contributed by atoms with Crippen LogP contribution in [0.5, 0.6) is 5.75 Å². The Balaban J connectivity index is 1.94. The third kappa shape index (κ3) is 3.84. The molecule has 1 heterocycles. The average Bonchev–Trinajstić information content (AvgIpc) is 2.75. The van der Waals surface area contributed by atoms with Crippen LogP contribution in [0.3, 0.4) is 0 Å². The summed E-state index contributed by atoms with van der Waals surface area (Å²) in [6.07, 6.45) is 0. The van der Waals surface area contributed by atoms with Gasteiger partial charge >= 0.3 is 0 Å². The van der Waals surface area contributed by atoms with E-state index in [0.29, 0.717) is 12.6 Å². The van der Waals surface area contributed by atoms with Crippen molar-refractivity contribution in [2.45, 2.75) is 40.3 Å². The Morgan fingerprint density at radius 2 is 1.90 bits per heavy atom. The molecule has 1 unspecified atom stereocenters. The average molecular weight is 289 g/mol. The highest BCUT2D eigenvalue weighted by Gasteiger charge is 2.07. The number of nitrogens with one attached hydrogen (secondary N) is 1. The smallest absolute Gasteiger partial charge is 0.119 e. The molecule has 1 aromatic carbocycles. The Morgan fingerprint density at radius 3 is 2.45 bits per heavy atom. The van der Waals surface area contributed by atoms with Gasteiger partial charge in [0.1, 0.15) is 5.75 Å². The van der Waals surface area contributed by atoms with Crippen LogP contribution >= 0.6 is 11.3 Å². The molecule has 108 valence electrons. The van der Waals surface area contributed by atoms with Crippen molar-refractivity contribution in [1.82, 2.24) is 5.32 Å². The summed E-state index contributed by atoms with van der Waals surface area (Å²) in [5.41, 5.74) is 2.70. The van der Waals surface area contributed by atoms with Gasteiger partial charge in [0, 0.05) is 22.3 Å². The Bertz CT molecular complexity index is 545. The van der Waals surface area contributed by atoms with Crippen LogP contribution in [0.15, 0.2) is 30.3 Å². The van der Waals surface area contributed by atoms with Crippen molar-refractivity contribution in [2.24, 2.45) is 0 Å². The zero-order valence-corrected chi connectivity index (χ0v) is 13.5. The highest BCUT2D eigenvalue weighted by Crippen LogP contribution is 2.22. The summed E-state index contributed by atoms with van der Waals surface area (Å²) in [7, 11) is 0.